The number of nitrogens with zero attached hydrogens (tertiary/aromatic N) is 4. The number of aromatic nitrogens is 4. The minimum absolute atomic E-state index is 0.413. The van der Waals surface area contributed by atoms with Crippen LogP contribution < -0.4 is 9.46 Å². The lowest BCUT2D eigenvalue weighted by Gasteiger charge is -2.02. The SMILES string of the molecule is [O-][n+]1ccncc1SSc1cncc[n+]1[O-]. The minimum atomic E-state index is 0.413. The average Bonchev–Trinajstić information content (AvgIpc) is 2.30. The van der Waals surface area contributed by atoms with Crippen LogP contribution in [-0.2, 0) is 0 Å². The highest BCUT2D eigenvalue weighted by molar-refractivity contribution is 8.76. The first-order chi connectivity index (χ1) is 7.77. The van der Waals surface area contributed by atoms with E-state index in [0.29, 0.717) is 19.5 Å². The molecule has 0 aliphatic heterocycles. The van der Waals surface area contributed by atoms with Crippen molar-refractivity contribution in [3.63, 3.8) is 0 Å². The second kappa shape index (κ2) is 4.99. The molecule has 6 nitrogen and oxygen atoms in total. The third kappa shape index (κ3) is 2.52. The van der Waals surface area contributed by atoms with Gasteiger partial charge in [0.2, 0.25) is 0 Å². The van der Waals surface area contributed by atoms with Gasteiger partial charge in [0.15, 0.2) is 12.4 Å². The summed E-state index contributed by atoms with van der Waals surface area (Å²) in [6.07, 6.45) is 8.29. The third-order valence-electron chi connectivity index (χ3n) is 1.59. The minimum Gasteiger partial charge on any atom is -0.618 e. The fourth-order valence-corrected chi connectivity index (χ4v) is 2.73. The third-order valence-corrected chi connectivity index (χ3v) is 3.86. The lowest BCUT2D eigenvalue weighted by molar-refractivity contribution is -0.647. The Kier molecular flexibility index (Phi) is 3.42. The molecular weight excluding hydrogens is 248 g/mol. The van der Waals surface area contributed by atoms with E-state index in [1.54, 1.807) is 0 Å². The van der Waals surface area contributed by atoms with Gasteiger partial charge in [-0.05, 0) is 0 Å². The highest BCUT2D eigenvalue weighted by Gasteiger charge is 2.11. The van der Waals surface area contributed by atoms with Gasteiger partial charge in [-0.2, -0.15) is 9.46 Å². The Balaban J connectivity index is 2.09. The Morgan fingerprint density at radius 2 is 1.31 bits per heavy atom. The lowest BCUT2D eigenvalue weighted by Crippen LogP contribution is -2.29. The predicted octanol–water partition coefficient (Wildman–Crippen LogP) is 0.543. The molecule has 0 saturated heterocycles. The summed E-state index contributed by atoms with van der Waals surface area (Å²) in [4.78, 5) is 7.65. The van der Waals surface area contributed by atoms with Crippen molar-refractivity contribution >= 4 is 21.6 Å². The topological polar surface area (TPSA) is 79.7 Å². The second-order valence-electron chi connectivity index (χ2n) is 2.65. The molecule has 2 heterocycles. The van der Waals surface area contributed by atoms with Crippen LogP contribution in [0.15, 0.2) is 47.2 Å². The van der Waals surface area contributed by atoms with Crippen LogP contribution in [0.1, 0.15) is 0 Å². The standard InChI is InChI=1S/C8H6N4O2S2/c13-11-3-1-9-5-7(11)15-16-8-6-10-2-4-12(8)14/h1-6H. The van der Waals surface area contributed by atoms with Crippen LogP contribution in [0.5, 0.6) is 0 Å². The predicted molar refractivity (Wildman–Crippen MR) is 58.1 cm³/mol. The number of hydrogen-bond donors (Lipinski definition) is 0. The molecule has 0 aliphatic carbocycles. The molecule has 82 valence electrons. The van der Waals surface area contributed by atoms with Crippen LogP contribution in [0, 0.1) is 10.4 Å². The van der Waals surface area contributed by atoms with E-state index in [1.165, 1.54) is 37.2 Å². The van der Waals surface area contributed by atoms with Crippen LogP contribution in [0.2, 0.25) is 0 Å². The maximum absolute atomic E-state index is 11.3. The van der Waals surface area contributed by atoms with Gasteiger partial charge in [0.1, 0.15) is 12.4 Å². The molecule has 0 spiro atoms. The normalized spacial score (nSPS) is 10.2. The zero-order valence-corrected chi connectivity index (χ0v) is 9.52. The van der Waals surface area contributed by atoms with Crippen molar-refractivity contribution in [2.24, 2.45) is 0 Å². The molecule has 0 saturated carbocycles. The van der Waals surface area contributed by atoms with Crippen LogP contribution >= 0.6 is 21.6 Å². The molecule has 0 bridgehead atoms. The molecule has 16 heavy (non-hydrogen) atoms. The monoisotopic (exact) mass is 254 g/mol. The molecule has 0 aliphatic rings. The summed E-state index contributed by atoms with van der Waals surface area (Å²) in [5.74, 6) is 0. The fraction of sp³-hybridized carbons (Fsp3) is 0. The van der Waals surface area contributed by atoms with E-state index in [1.807, 2.05) is 0 Å². The number of rotatable bonds is 3. The molecule has 0 N–H and O–H groups in total. The smallest absolute Gasteiger partial charge is 0.281 e. The number of hydrogen-bond acceptors (Lipinski definition) is 6. The van der Waals surface area contributed by atoms with Crippen molar-refractivity contribution in [2.75, 3.05) is 0 Å². The van der Waals surface area contributed by atoms with Crippen molar-refractivity contribution in [1.29, 1.82) is 0 Å². The summed E-state index contributed by atoms with van der Waals surface area (Å²) in [5.41, 5.74) is 0. The van der Waals surface area contributed by atoms with Gasteiger partial charge in [-0.1, -0.05) is 0 Å². The maximum atomic E-state index is 11.3. The lowest BCUT2D eigenvalue weighted by atomic mass is 10.8. The molecule has 0 atom stereocenters. The Morgan fingerprint density at radius 1 is 0.875 bits per heavy atom. The van der Waals surface area contributed by atoms with E-state index in [-0.39, 0.29) is 0 Å². The summed E-state index contributed by atoms with van der Waals surface area (Å²) < 4.78 is 1.38. The van der Waals surface area contributed by atoms with E-state index >= 15 is 0 Å². The van der Waals surface area contributed by atoms with Crippen molar-refractivity contribution < 1.29 is 9.46 Å². The van der Waals surface area contributed by atoms with Gasteiger partial charge in [-0.15, -0.1) is 0 Å². The molecule has 0 fully saturated rings. The average molecular weight is 254 g/mol. The molecule has 2 aromatic heterocycles. The zero-order valence-electron chi connectivity index (χ0n) is 7.89. The van der Waals surface area contributed by atoms with Gasteiger partial charge >= 0.3 is 0 Å². The molecular formula is C8H6N4O2S2. The molecule has 2 aromatic rings. The van der Waals surface area contributed by atoms with Crippen LogP contribution in [-0.4, -0.2) is 9.97 Å². The first-order valence-corrected chi connectivity index (χ1v) is 6.33. The van der Waals surface area contributed by atoms with Crippen LogP contribution in [0.3, 0.4) is 0 Å². The summed E-state index contributed by atoms with van der Waals surface area (Å²) in [6, 6.07) is 0. The molecule has 2 rings (SSSR count). The quantitative estimate of drug-likeness (QED) is 0.452. The summed E-state index contributed by atoms with van der Waals surface area (Å²) in [6.45, 7) is 0. The van der Waals surface area contributed by atoms with Crippen molar-refractivity contribution in [3.05, 3.63) is 47.6 Å². The maximum Gasteiger partial charge on any atom is 0.281 e. The molecule has 0 unspecified atom stereocenters. The summed E-state index contributed by atoms with van der Waals surface area (Å²) in [5, 5.41) is 23.4. The Labute approximate surface area is 98.9 Å². The zero-order chi connectivity index (χ0) is 11.4. The van der Waals surface area contributed by atoms with Crippen LogP contribution in [0.25, 0.3) is 0 Å². The van der Waals surface area contributed by atoms with Crippen molar-refractivity contribution in [2.45, 2.75) is 10.1 Å². The summed E-state index contributed by atoms with van der Waals surface area (Å²) in [7, 11) is 2.32. The van der Waals surface area contributed by atoms with Gasteiger partial charge in [0.05, 0.1) is 12.4 Å². The van der Waals surface area contributed by atoms with E-state index in [9.17, 15) is 10.4 Å². The Bertz CT molecular complexity index is 451. The van der Waals surface area contributed by atoms with E-state index < -0.39 is 0 Å². The van der Waals surface area contributed by atoms with E-state index in [2.05, 4.69) is 9.97 Å². The molecule has 0 aromatic carbocycles. The van der Waals surface area contributed by atoms with Gasteiger partial charge < -0.3 is 10.4 Å². The van der Waals surface area contributed by atoms with Gasteiger partial charge in [0, 0.05) is 21.6 Å². The fourth-order valence-electron chi connectivity index (χ4n) is 0.874. The molecule has 0 radical (unpaired) electrons. The Hall–Kier alpha value is -1.54. The first-order valence-electron chi connectivity index (χ1n) is 4.18. The molecule has 0 amide bonds. The molecule has 8 heteroatoms. The highest BCUT2D eigenvalue weighted by Crippen LogP contribution is 2.32. The largest absolute Gasteiger partial charge is 0.618 e. The van der Waals surface area contributed by atoms with E-state index in [0.717, 1.165) is 21.6 Å². The summed E-state index contributed by atoms with van der Waals surface area (Å²) >= 11 is 0. The highest BCUT2D eigenvalue weighted by atomic mass is 33.1. The van der Waals surface area contributed by atoms with Crippen LogP contribution in [0.4, 0.5) is 0 Å². The van der Waals surface area contributed by atoms with Crippen molar-refractivity contribution in [1.82, 2.24) is 9.97 Å². The first kappa shape index (κ1) is 11.0. The van der Waals surface area contributed by atoms with Gasteiger partial charge in [-0.3, -0.25) is 9.97 Å². The Morgan fingerprint density at radius 3 is 1.69 bits per heavy atom. The second-order valence-corrected chi connectivity index (χ2v) is 4.82. The van der Waals surface area contributed by atoms with Gasteiger partial charge in [-0.25, -0.2) is 0 Å². The van der Waals surface area contributed by atoms with E-state index in [4.69, 9.17) is 0 Å². The van der Waals surface area contributed by atoms with Crippen molar-refractivity contribution in [3.8, 4) is 0 Å². The van der Waals surface area contributed by atoms with Gasteiger partial charge in [0.25, 0.3) is 10.1 Å².